The SMILES string of the molecule is CC(O)(CNc1cccc2c1OCCO2)C(F)F. The van der Waals surface area contributed by atoms with E-state index in [0.29, 0.717) is 30.4 Å². The zero-order chi connectivity index (χ0) is 13.2. The number of halogens is 2. The van der Waals surface area contributed by atoms with Gasteiger partial charge in [0, 0.05) is 6.54 Å². The van der Waals surface area contributed by atoms with Crippen molar-refractivity contribution >= 4 is 5.69 Å². The zero-order valence-electron chi connectivity index (χ0n) is 9.95. The Morgan fingerprint density at radius 3 is 2.83 bits per heavy atom. The van der Waals surface area contributed by atoms with Crippen molar-refractivity contribution in [3.05, 3.63) is 18.2 Å². The van der Waals surface area contributed by atoms with Gasteiger partial charge >= 0.3 is 0 Å². The smallest absolute Gasteiger partial charge is 0.268 e. The van der Waals surface area contributed by atoms with Crippen LogP contribution in [0.4, 0.5) is 14.5 Å². The molecule has 1 aromatic carbocycles. The van der Waals surface area contributed by atoms with Crippen LogP contribution in [0.25, 0.3) is 0 Å². The van der Waals surface area contributed by atoms with Gasteiger partial charge in [0.15, 0.2) is 11.5 Å². The van der Waals surface area contributed by atoms with E-state index in [-0.39, 0.29) is 6.54 Å². The first-order valence-electron chi connectivity index (χ1n) is 5.64. The highest BCUT2D eigenvalue weighted by molar-refractivity contribution is 5.63. The highest BCUT2D eigenvalue weighted by Crippen LogP contribution is 2.37. The number of hydrogen-bond acceptors (Lipinski definition) is 4. The number of ether oxygens (including phenoxy) is 2. The summed E-state index contributed by atoms with van der Waals surface area (Å²) in [6.07, 6.45) is -2.82. The van der Waals surface area contributed by atoms with Crippen LogP contribution in [0, 0.1) is 0 Å². The molecule has 0 saturated carbocycles. The molecule has 1 unspecified atom stereocenters. The van der Waals surface area contributed by atoms with Gasteiger partial charge in [0.25, 0.3) is 6.43 Å². The average molecular weight is 259 g/mol. The molecule has 1 aliphatic rings. The molecule has 0 aliphatic carbocycles. The Kier molecular flexibility index (Phi) is 3.56. The second-order valence-corrected chi connectivity index (χ2v) is 4.34. The summed E-state index contributed by atoms with van der Waals surface area (Å²) in [6.45, 7) is 1.68. The van der Waals surface area contributed by atoms with Crippen molar-refractivity contribution in [2.45, 2.75) is 19.0 Å². The molecule has 18 heavy (non-hydrogen) atoms. The maximum atomic E-state index is 12.5. The van der Waals surface area contributed by atoms with Crippen molar-refractivity contribution in [3.63, 3.8) is 0 Å². The molecular formula is C12H15F2NO3. The molecule has 0 amide bonds. The van der Waals surface area contributed by atoms with Gasteiger partial charge in [0.05, 0.1) is 5.69 Å². The van der Waals surface area contributed by atoms with Crippen LogP contribution < -0.4 is 14.8 Å². The molecule has 0 spiro atoms. The highest BCUT2D eigenvalue weighted by Gasteiger charge is 2.32. The average Bonchev–Trinajstić information content (AvgIpc) is 2.36. The van der Waals surface area contributed by atoms with E-state index in [1.54, 1.807) is 18.2 Å². The van der Waals surface area contributed by atoms with Crippen LogP contribution in [-0.2, 0) is 0 Å². The van der Waals surface area contributed by atoms with E-state index in [1.165, 1.54) is 0 Å². The molecule has 6 heteroatoms. The number of fused-ring (bicyclic) bond motifs is 1. The molecule has 0 radical (unpaired) electrons. The van der Waals surface area contributed by atoms with Gasteiger partial charge in [-0.2, -0.15) is 0 Å². The predicted octanol–water partition coefficient (Wildman–Crippen LogP) is 1.89. The van der Waals surface area contributed by atoms with Crippen LogP contribution in [0.5, 0.6) is 11.5 Å². The minimum absolute atomic E-state index is 0.273. The summed E-state index contributed by atoms with van der Waals surface area (Å²) in [7, 11) is 0. The number of benzene rings is 1. The molecule has 0 aromatic heterocycles. The van der Waals surface area contributed by atoms with Crippen molar-refractivity contribution in [2.75, 3.05) is 25.1 Å². The number of nitrogens with one attached hydrogen (secondary N) is 1. The van der Waals surface area contributed by atoms with E-state index in [9.17, 15) is 13.9 Å². The Labute approximate surface area is 104 Å². The van der Waals surface area contributed by atoms with Crippen LogP contribution in [0.15, 0.2) is 18.2 Å². The summed E-state index contributed by atoms with van der Waals surface area (Å²) in [6, 6.07) is 5.16. The topological polar surface area (TPSA) is 50.7 Å². The Balaban J connectivity index is 2.10. The molecule has 2 rings (SSSR count). The summed E-state index contributed by atoms with van der Waals surface area (Å²) < 4.78 is 35.8. The quantitative estimate of drug-likeness (QED) is 0.867. The van der Waals surface area contributed by atoms with Gasteiger partial charge in [-0.15, -0.1) is 0 Å². The van der Waals surface area contributed by atoms with E-state index >= 15 is 0 Å². The fourth-order valence-corrected chi connectivity index (χ4v) is 1.56. The molecule has 100 valence electrons. The second kappa shape index (κ2) is 4.97. The lowest BCUT2D eigenvalue weighted by atomic mass is 10.1. The number of alkyl halides is 2. The molecule has 1 atom stereocenters. The van der Waals surface area contributed by atoms with Crippen molar-refractivity contribution in [1.82, 2.24) is 0 Å². The van der Waals surface area contributed by atoms with Gasteiger partial charge in [-0.25, -0.2) is 8.78 Å². The van der Waals surface area contributed by atoms with Crippen LogP contribution in [0.2, 0.25) is 0 Å². The maximum Gasteiger partial charge on any atom is 0.268 e. The molecule has 0 fully saturated rings. The summed E-state index contributed by atoms with van der Waals surface area (Å²) in [5, 5.41) is 12.2. The van der Waals surface area contributed by atoms with Crippen LogP contribution in [0.1, 0.15) is 6.92 Å². The van der Waals surface area contributed by atoms with Gasteiger partial charge < -0.3 is 19.9 Å². The lowest BCUT2D eigenvalue weighted by molar-refractivity contribution is -0.0732. The molecule has 0 saturated heterocycles. The van der Waals surface area contributed by atoms with E-state index in [1.807, 2.05) is 0 Å². The third-order valence-corrected chi connectivity index (χ3v) is 2.67. The molecule has 1 aromatic rings. The van der Waals surface area contributed by atoms with Crippen LogP contribution in [-0.4, -0.2) is 36.9 Å². The Hall–Kier alpha value is -1.56. The minimum atomic E-state index is -2.82. The molecule has 2 N–H and O–H groups in total. The Morgan fingerprint density at radius 1 is 1.39 bits per heavy atom. The highest BCUT2D eigenvalue weighted by atomic mass is 19.3. The molecular weight excluding hydrogens is 244 g/mol. The number of anilines is 1. The van der Waals surface area contributed by atoms with E-state index in [0.717, 1.165) is 6.92 Å². The van der Waals surface area contributed by atoms with Gasteiger partial charge in [-0.1, -0.05) is 6.07 Å². The first kappa shape index (κ1) is 12.9. The molecule has 0 bridgehead atoms. The lowest BCUT2D eigenvalue weighted by Gasteiger charge is -2.25. The molecule has 4 nitrogen and oxygen atoms in total. The van der Waals surface area contributed by atoms with Crippen LogP contribution in [0.3, 0.4) is 0 Å². The van der Waals surface area contributed by atoms with E-state index < -0.39 is 12.0 Å². The number of rotatable bonds is 4. The predicted molar refractivity (Wildman–Crippen MR) is 62.5 cm³/mol. The lowest BCUT2D eigenvalue weighted by Crippen LogP contribution is -2.40. The fourth-order valence-electron chi connectivity index (χ4n) is 1.56. The normalized spacial score (nSPS) is 17.4. The summed E-state index contributed by atoms with van der Waals surface area (Å²) >= 11 is 0. The number of aliphatic hydroxyl groups is 1. The van der Waals surface area contributed by atoms with Gasteiger partial charge in [0.1, 0.15) is 18.8 Å². The molecule has 1 aliphatic heterocycles. The van der Waals surface area contributed by atoms with Gasteiger partial charge in [0.2, 0.25) is 0 Å². The summed E-state index contributed by atoms with van der Waals surface area (Å²) in [4.78, 5) is 0. The monoisotopic (exact) mass is 259 g/mol. The summed E-state index contributed by atoms with van der Waals surface area (Å²) in [5.41, 5.74) is -1.55. The number of hydrogen-bond donors (Lipinski definition) is 2. The van der Waals surface area contributed by atoms with Crippen molar-refractivity contribution in [3.8, 4) is 11.5 Å². The first-order chi connectivity index (χ1) is 8.50. The third kappa shape index (κ3) is 2.64. The van der Waals surface area contributed by atoms with Crippen molar-refractivity contribution < 1.29 is 23.4 Å². The Bertz CT molecular complexity index is 424. The van der Waals surface area contributed by atoms with E-state index in [2.05, 4.69) is 5.32 Å². The number of para-hydroxylation sites is 1. The second-order valence-electron chi connectivity index (χ2n) is 4.34. The summed E-state index contributed by atoms with van der Waals surface area (Å²) in [5.74, 6) is 1.07. The Morgan fingerprint density at radius 2 is 2.11 bits per heavy atom. The van der Waals surface area contributed by atoms with Crippen LogP contribution >= 0.6 is 0 Å². The largest absolute Gasteiger partial charge is 0.486 e. The standard InChI is InChI=1S/C12H15F2NO3/c1-12(16,11(13)14)7-15-8-3-2-4-9-10(8)18-6-5-17-9/h2-4,11,15-16H,5-7H2,1H3. The first-order valence-corrected chi connectivity index (χ1v) is 5.64. The van der Waals surface area contributed by atoms with E-state index in [4.69, 9.17) is 9.47 Å². The molecule has 1 heterocycles. The van der Waals surface area contributed by atoms with Gasteiger partial charge in [-0.3, -0.25) is 0 Å². The van der Waals surface area contributed by atoms with Crippen molar-refractivity contribution in [2.24, 2.45) is 0 Å². The van der Waals surface area contributed by atoms with Crippen molar-refractivity contribution in [1.29, 1.82) is 0 Å². The fraction of sp³-hybridized carbons (Fsp3) is 0.500. The third-order valence-electron chi connectivity index (χ3n) is 2.67. The zero-order valence-corrected chi connectivity index (χ0v) is 9.95. The minimum Gasteiger partial charge on any atom is -0.486 e. The maximum absolute atomic E-state index is 12.5. The van der Waals surface area contributed by atoms with Gasteiger partial charge in [-0.05, 0) is 19.1 Å².